The lowest BCUT2D eigenvalue weighted by atomic mass is 9.78. The first-order chi connectivity index (χ1) is 9.39. The topological polar surface area (TPSA) is 29.9 Å². The van der Waals surface area contributed by atoms with Gasteiger partial charge in [-0.25, -0.2) is 0 Å². The maximum atomic E-state index is 4.63. The Kier molecular flexibility index (Phi) is 6.73. The fourth-order valence-corrected chi connectivity index (χ4v) is 3.05. The van der Waals surface area contributed by atoms with Crippen molar-refractivity contribution in [2.24, 2.45) is 5.41 Å². The summed E-state index contributed by atoms with van der Waals surface area (Å²) in [6.07, 6.45) is 3.45. The molecule has 0 bridgehead atoms. The number of hydrogen-bond donors (Lipinski definition) is 1. The summed E-state index contributed by atoms with van der Waals surface area (Å²) in [4.78, 5) is 0. The molecule has 0 unspecified atom stereocenters. The standard InChI is InChI=1S/C16H30BrN3/c1-7-16(8-2,11-18-12(4)5)10-14-15(17)13(6)19-20(14)9-3/h12,18H,7-11H2,1-6H3. The first-order valence-corrected chi connectivity index (χ1v) is 8.63. The van der Waals surface area contributed by atoms with Crippen LogP contribution in [0.3, 0.4) is 0 Å². The van der Waals surface area contributed by atoms with Gasteiger partial charge in [0.2, 0.25) is 0 Å². The highest BCUT2D eigenvalue weighted by molar-refractivity contribution is 9.10. The summed E-state index contributed by atoms with van der Waals surface area (Å²) in [5.41, 5.74) is 2.76. The van der Waals surface area contributed by atoms with Gasteiger partial charge < -0.3 is 5.32 Å². The van der Waals surface area contributed by atoms with E-state index in [-0.39, 0.29) is 0 Å². The second-order valence-corrected chi connectivity index (χ2v) is 6.87. The SMILES string of the molecule is CCn1nc(C)c(Br)c1CC(CC)(CC)CNC(C)C. The van der Waals surface area contributed by atoms with E-state index in [0.717, 1.165) is 25.2 Å². The molecule has 0 atom stereocenters. The zero-order valence-corrected chi connectivity index (χ0v) is 15.5. The van der Waals surface area contributed by atoms with Crippen LogP contribution in [0.2, 0.25) is 0 Å². The van der Waals surface area contributed by atoms with Gasteiger partial charge in [0.05, 0.1) is 15.9 Å². The molecular weight excluding hydrogens is 314 g/mol. The van der Waals surface area contributed by atoms with Crippen LogP contribution in [0, 0.1) is 12.3 Å². The first kappa shape index (κ1) is 17.7. The highest BCUT2D eigenvalue weighted by Crippen LogP contribution is 2.34. The smallest absolute Gasteiger partial charge is 0.0738 e. The minimum Gasteiger partial charge on any atom is -0.314 e. The molecule has 0 saturated heterocycles. The van der Waals surface area contributed by atoms with Crippen LogP contribution in [0.25, 0.3) is 0 Å². The molecule has 1 rings (SSSR count). The molecule has 3 nitrogen and oxygen atoms in total. The number of aromatic nitrogens is 2. The molecule has 20 heavy (non-hydrogen) atoms. The average molecular weight is 344 g/mol. The highest BCUT2D eigenvalue weighted by Gasteiger charge is 2.29. The second-order valence-electron chi connectivity index (χ2n) is 6.08. The largest absolute Gasteiger partial charge is 0.314 e. The number of nitrogens with one attached hydrogen (secondary N) is 1. The van der Waals surface area contributed by atoms with Crippen molar-refractivity contribution in [2.45, 2.75) is 73.4 Å². The summed E-state index contributed by atoms with van der Waals surface area (Å²) in [5, 5.41) is 8.25. The Bertz CT molecular complexity index is 420. The van der Waals surface area contributed by atoms with Gasteiger partial charge in [0.1, 0.15) is 0 Å². The van der Waals surface area contributed by atoms with Gasteiger partial charge in [-0.2, -0.15) is 5.10 Å². The molecule has 0 radical (unpaired) electrons. The van der Waals surface area contributed by atoms with Crippen LogP contribution in [0.4, 0.5) is 0 Å². The van der Waals surface area contributed by atoms with Gasteiger partial charge in [0, 0.05) is 19.1 Å². The number of hydrogen-bond acceptors (Lipinski definition) is 2. The Morgan fingerprint density at radius 2 is 1.85 bits per heavy atom. The third kappa shape index (κ3) is 4.08. The van der Waals surface area contributed by atoms with Crippen molar-refractivity contribution >= 4 is 15.9 Å². The zero-order chi connectivity index (χ0) is 15.3. The van der Waals surface area contributed by atoms with E-state index in [1.807, 2.05) is 0 Å². The van der Waals surface area contributed by atoms with Gasteiger partial charge in [0.25, 0.3) is 0 Å². The van der Waals surface area contributed by atoms with E-state index in [1.165, 1.54) is 23.0 Å². The molecule has 1 aromatic heterocycles. The monoisotopic (exact) mass is 343 g/mol. The van der Waals surface area contributed by atoms with E-state index in [0.29, 0.717) is 11.5 Å². The molecule has 0 saturated carbocycles. The summed E-state index contributed by atoms with van der Waals surface area (Å²) in [6, 6.07) is 0.536. The quantitative estimate of drug-likeness (QED) is 0.761. The molecule has 0 aliphatic heterocycles. The van der Waals surface area contributed by atoms with Crippen LogP contribution < -0.4 is 5.32 Å². The molecule has 0 spiro atoms. The molecule has 0 amide bonds. The fourth-order valence-electron chi connectivity index (χ4n) is 2.63. The molecule has 4 heteroatoms. The highest BCUT2D eigenvalue weighted by atomic mass is 79.9. The lowest BCUT2D eigenvalue weighted by molar-refractivity contribution is 0.233. The van der Waals surface area contributed by atoms with Crippen LogP contribution in [0.5, 0.6) is 0 Å². The van der Waals surface area contributed by atoms with E-state index in [9.17, 15) is 0 Å². The average Bonchev–Trinajstić information content (AvgIpc) is 2.70. The molecule has 1 heterocycles. The maximum Gasteiger partial charge on any atom is 0.0738 e. The van der Waals surface area contributed by atoms with E-state index in [2.05, 4.69) is 72.6 Å². The predicted molar refractivity (Wildman–Crippen MR) is 90.2 cm³/mol. The van der Waals surface area contributed by atoms with Gasteiger partial charge in [-0.3, -0.25) is 4.68 Å². The number of aryl methyl sites for hydroxylation is 2. The van der Waals surface area contributed by atoms with E-state index in [1.54, 1.807) is 0 Å². The first-order valence-electron chi connectivity index (χ1n) is 7.84. The summed E-state index contributed by atoms with van der Waals surface area (Å²) in [6.45, 7) is 15.3. The van der Waals surface area contributed by atoms with Crippen LogP contribution in [-0.2, 0) is 13.0 Å². The zero-order valence-electron chi connectivity index (χ0n) is 13.9. The van der Waals surface area contributed by atoms with Crippen LogP contribution >= 0.6 is 15.9 Å². The van der Waals surface area contributed by atoms with Crippen LogP contribution in [0.1, 0.15) is 58.8 Å². The van der Waals surface area contributed by atoms with E-state index in [4.69, 9.17) is 0 Å². The third-order valence-electron chi connectivity index (χ3n) is 4.38. The van der Waals surface area contributed by atoms with Gasteiger partial charge in [-0.15, -0.1) is 0 Å². The minimum atomic E-state index is 0.312. The minimum absolute atomic E-state index is 0.312. The summed E-state index contributed by atoms with van der Waals surface area (Å²) in [5.74, 6) is 0. The normalized spacial score (nSPS) is 12.4. The Labute approximate surface area is 132 Å². The second kappa shape index (κ2) is 7.60. The lowest BCUT2D eigenvalue weighted by Crippen LogP contribution is -2.39. The van der Waals surface area contributed by atoms with Crippen molar-refractivity contribution in [3.63, 3.8) is 0 Å². The predicted octanol–water partition coefficient (Wildman–Crippen LogP) is 4.32. The van der Waals surface area contributed by atoms with Gasteiger partial charge in [-0.1, -0.05) is 27.7 Å². The lowest BCUT2D eigenvalue weighted by Gasteiger charge is -2.33. The molecule has 0 aliphatic carbocycles. The summed E-state index contributed by atoms with van der Waals surface area (Å²) < 4.78 is 3.34. The van der Waals surface area contributed by atoms with Crippen LogP contribution in [0.15, 0.2) is 4.47 Å². The molecule has 1 N–H and O–H groups in total. The van der Waals surface area contributed by atoms with E-state index < -0.39 is 0 Å². The van der Waals surface area contributed by atoms with Gasteiger partial charge >= 0.3 is 0 Å². The van der Waals surface area contributed by atoms with Crippen molar-refractivity contribution in [3.8, 4) is 0 Å². The van der Waals surface area contributed by atoms with Crippen molar-refractivity contribution in [2.75, 3.05) is 6.54 Å². The Morgan fingerprint density at radius 1 is 1.25 bits per heavy atom. The number of halogens is 1. The number of nitrogens with zero attached hydrogens (tertiary/aromatic N) is 2. The van der Waals surface area contributed by atoms with Crippen molar-refractivity contribution < 1.29 is 0 Å². The summed E-state index contributed by atoms with van der Waals surface area (Å²) in [7, 11) is 0. The number of rotatable bonds is 8. The van der Waals surface area contributed by atoms with Crippen molar-refractivity contribution in [3.05, 3.63) is 15.9 Å². The molecule has 0 aliphatic rings. The van der Waals surface area contributed by atoms with E-state index >= 15 is 0 Å². The van der Waals surface area contributed by atoms with Crippen molar-refractivity contribution in [1.82, 2.24) is 15.1 Å². The molecule has 1 aromatic rings. The fraction of sp³-hybridized carbons (Fsp3) is 0.812. The Balaban J connectivity index is 3.00. The molecule has 0 aromatic carbocycles. The molecule has 0 fully saturated rings. The molecular formula is C16H30BrN3. The van der Waals surface area contributed by atoms with Gasteiger partial charge in [-0.05, 0) is 54.5 Å². The van der Waals surface area contributed by atoms with Crippen molar-refractivity contribution in [1.29, 1.82) is 0 Å². The Morgan fingerprint density at radius 3 is 2.30 bits per heavy atom. The maximum absolute atomic E-state index is 4.63. The van der Waals surface area contributed by atoms with Crippen LogP contribution in [-0.4, -0.2) is 22.4 Å². The Hall–Kier alpha value is -0.350. The van der Waals surface area contributed by atoms with Gasteiger partial charge in [0.15, 0.2) is 0 Å². The third-order valence-corrected chi connectivity index (χ3v) is 5.41. The summed E-state index contributed by atoms with van der Waals surface area (Å²) >= 11 is 3.73. The molecule has 116 valence electrons.